The lowest BCUT2D eigenvalue weighted by molar-refractivity contribution is 0.589. The molecule has 0 aliphatic rings. The summed E-state index contributed by atoms with van der Waals surface area (Å²) in [5.74, 6) is 0. The lowest BCUT2D eigenvalue weighted by atomic mass is 10.4. The zero-order valence-electron chi connectivity index (χ0n) is 10.1. The van der Waals surface area contributed by atoms with Crippen LogP contribution in [0.1, 0.15) is 4.88 Å². The maximum absolute atomic E-state index is 12.3. The van der Waals surface area contributed by atoms with E-state index in [0.717, 1.165) is 9.75 Å². The summed E-state index contributed by atoms with van der Waals surface area (Å²) in [6.07, 6.45) is 3.09. The molecule has 0 aliphatic carbocycles. The Morgan fingerprint density at radius 3 is 2.21 bits per heavy atom. The quantitative estimate of drug-likeness (QED) is 0.737. The molecule has 0 atom stereocenters. The summed E-state index contributed by atoms with van der Waals surface area (Å²) < 4.78 is 26.2. The van der Waals surface area contributed by atoms with Gasteiger partial charge in [-0.1, -0.05) is 0 Å². The van der Waals surface area contributed by atoms with Crippen LogP contribution in [0.2, 0.25) is 0 Å². The Morgan fingerprint density at radius 2 is 1.58 bits per heavy atom. The molecule has 0 aromatic carbocycles. The molecule has 0 spiro atoms. The highest BCUT2D eigenvalue weighted by atomic mass is 32.2. The Bertz CT molecular complexity index is 795. The summed E-state index contributed by atoms with van der Waals surface area (Å²) in [7, 11) is -3.44. The van der Waals surface area contributed by atoms with Crippen LogP contribution in [-0.2, 0) is 10.0 Å². The summed E-state index contributed by atoms with van der Waals surface area (Å²) in [5.41, 5.74) is 0. The van der Waals surface area contributed by atoms with E-state index in [-0.39, 0.29) is 0 Å². The van der Waals surface area contributed by atoms with E-state index in [0.29, 0.717) is 4.21 Å². The molecule has 3 heterocycles. The molecule has 0 radical (unpaired) electrons. The Morgan fingerprint density at radius 1 is 0.947 bits per heavy atom. The van der Waals surface area contributed by atoms with Gasteiger partial charge in [-0.25, -0.2) is 3.97 Å². The number of hydrogen-bond acceptors (Lipinski definition) is 4. The van der Waals surface area contributed by atoms with Crippen molar-refractivity contribution in [1.29, 1.82) is 0 Å². The minimum absolute atomic E-state index is 0.366. The van der Waals surface area contributed by atoms with Crippen LogP contribution in [0.3, 0.4) is 0 Å². The molecule has 98 valence electrons. The van der Waals surface area contributed by atoms with Gasteiger partial charge in [0.25, 0.3) is 10.0 Å². The van der Waals surface area contributed by atoms with Gasteiger partial charge in [-0.2, -0.15) is 8.42 Å². The van der Waals surface area contributed by atoms with Crippen molar-refractivity contribution >= 4 is 32.7 Å². The summed E-state index contributed by atoms with van der Waals surface area (Å²) >= 11 is 2.98. The Kier molecular flexibility index (Phi) is 3.08. The van der Waals surface area contributed by atoms with Gasteiger partial charge in [0.05, 0.1) is 0 Å². The molecule has 0 aliphatic heterocycles. The van der Waals surface area contributed by atoms with Crippen molar-refractivity contribution in [2.24, 2.45) is 0 Å². The zero-order chi connectivity index (χ0) is 13.5. The molecule has 6 heteroatoms. The number of hydrogen-bond donors (Lipinski definition) is 0. The van der Waals surface area contributed by atoms with Crippen molar-refractivity contribution in [3.8, 4) is 9.75 Å². The first-order valence-electron chi connectivity index (χ1n) is 5.62. The Labute approximate surface area is 119 Å². The van der Waals surface area contributed by atoms with Gasteiger partial charge in [0.2, 0.25) is 0 Å². The third-order valence-electron chi connectivity index (χ3n) is 2.67. The maximum Gasteiger partial charge on any atom is 0.277 e. The largest absolute Gasteiger partial charge is 0.277 e. The van der Waals surface area contributed by atoms with Gasteiger partial charge >= 0.3 is 0 Å². The highest BCUT2D eigenvalue weighted by molar-refractivity contribution is 7.92. The second kappa shape index (κ2) is 4.63. The van der Waals surface area contributed by atoms with Crippen molar-refractivity contribution in [3.05, 3.63) is 53.7 Å². The average molecular weight is 309 g/mol. The van der Waals surface area contributed by atoms with Gasteiger partial charge in [-0.3, -0.25) is 0 Å². The van der Waals surface area contributed by atoms with Crippen LogP contribution in [0.15, 0.2) is 53.0 Å². The molecule has 0 unspecified atom stereocenters. The topological polar surface area (TPSA) is 39.1 Å². The fourth-order valence-corrected chi connectivity index (χ4v) is 5.29. The molecule has 0 bridgehead atoms. The third kappa shape index (κ3) is 2.27. The lowest BCUT2D eigenvalue weighted by Crippen LogP contribution is -2.08. The molecule has 0 amide bonds. The highest BCUT2D eigenvalue weighted by Gasteiger charge is 2.19. The predicted molar refractivity (Wildman–Crippen MR) is 79.4 cm³/mol. The minimum atomic E-state index is -3.44. The summed E-state index contributed by atoms with van der Waals surface area (Å²) in [6, 6.07) is 11.0. The van der Waals surface area contributed by atoms with E-state index in [1.54, 1.807) is 41.9 Å². The van der Waals surface area contributed by atoms with Gasteiger partial charge in [-0.05, 0) is 43.3 Å². The molecule has 0 saturated heterocycles. The summed E-state index contributed by atoms with van der Waals surface area (Å²) in [6.45, 7) is 2.04. The normalized spacial score (nSPS) is 11.8. The molecule has 3 aromatic heterocycles. The summed E-state index contributed by atoms with van der Waals surface area (Å²) in [5, 5.41) is 0. The molecular formula is C13H11NO2S3. The van der Waals surface area contributed by atoms with Crippen LogP contribution in [0.4, 0.5) is 0 Å². The smallest absolute Gasteiger partial charge is 0.248 e. The van der Waals surface area contributed by atoms with E-state index in [4.69, 9.17) is 0 Å². The van der Waals surface area contributed by atoms with Gasteiger partial charge in [0, 0.05) is 27.0 Å². The van der Waals surface area contributed by atoms with Gasteiger partial charge in [0.1, 0.15) is 4.21 Å². The number of aryl methyl sites for hydroxylation is 1. The molecule has 0 fully saturated rings. The van der Waals surface area contributed by atoms with Crippen LogP contribution in [0.25, 0.3) is 9.75 Å². The number of aromatic nitrogens is 1. The van der Waals surface area contributed by atoms with Crippen molar-refractivity contribution in [2.45, 2.75) is 11.1 Å². The monoisotopic (exact) mass is 309 g/mol. The van der Waals surface area contributed by atoms with Crippen LogP contribution < -0.4 is 0 Å². The van der Waals surface area contributed by atoms with Crippen LogP contribution in [-0.4, -0.2) is 12.4 Å². The van der Waals surface area contributed by atoms with Crippen molar-refractivity contribution in [3.63, 3.8) is 0 Å². The first-order valence-corrected chi connectivity index (χ1v) is 8.70. The first-order chi connectivity index (χ1) is 9.07. The lowest BCUT2D eigenvalue weighted by Gasteiger charge is -2.01. The van der Waals surface area contributed by atoms with E-state index in [2.05, 4.69) is 0 Å². The third-order valence-corrected chi connectivity index (χ3v) is 7.07. The van der Waals surface area contributed by atoms with Crippen LogP contribution in [0.5, 0.6) is 0 Å². The van der Waals surface area contributed by atoms with Crippen molar-refractivity contribution < 1.29 is 8.42 Å². The predicted octanol–water partition coefficient (Wildman–Crippen LogP) is 3.82. The molecule has 3 rings (SSSR count). The molecule has 3 aromatic rings. The second-order valence-electron chi connectivity index (χ2n) is 4.05. The number of rotatable bonds is 3. The Hall–Kier alpha value is -1.37. The van der Waals surface area contributed by atoms with Gasteiger partial charge in [0.15, 0.2) is 0 Å². The van der Waals surface area contributed by atoms with E-state index < -0.39 is 10.0 Å². The molecule has 3 nitrogen and oxygen atoms in total. The minimum Gasteiger partial charge on any atom is -0.248 e. The van der Waals surface area contributed by atoms with Crippen molar-refractivity contribution in [1.82, 2.24) is 3.97 Å². The van der Waals surface area contributed by atoms with E-state index in [1.807, 2.05) is 25.1 Å². The van der Waals surface area contributed by atoms with Crippen LogP contribution in [0, 0.1) is 6.92 Å². The first kappa shape index (κ1) is 12.7. The molecule has 19 heavy (non-hydrogen) atoms. The second-order valence-corrected chi connectivity index (χ2v) is 8.49. The van der Waals surface area contributed by atoms with Crippen molar-refractivity contribution in [2.75, 3.05) is 0 Å². The van der Waals surface area contributed by atoms with E-state index in [1.165, 1.54) is 20.2 Å². The average Bonchev–Trinajstić information content (AvgIpc) is 3.10. The van der Waals surface area contributed by atoms with Gasteiger partial charge < -0.3 is 0 Å². The fraction of sp³-hybridized carbons (Fsp3) is 0.0769. The number of nitrogens with zero attached hydrogens (tertiary/aromatic N) is 1. The van der Waals surface area contributed by atoms with Gasteiger partial charge in [-0.15, -0.1) is 22.7 Å². The molecule has 0 saturated carbocycles. The van der Waals surface area contributed by atoms with E-state index >= 15 is 0 Å². The Balaban J connectivity index is 2.03. The SMILES string of the molecule is Cc1ccc(-c2ccc(S(=O)(=O)n3cccc3)s2)s1. The van der Waals surface area contributed by atoms with Crippen LogP contribution >= 0.6 is 22.7 Å². The highest BCUT2D eigenvalue weighted by Crippen LogP contribution is 2.35. The standard InChI is InChI=1S/C13H11NO2S3/c1-10-4-5-11(17-10)12-6-7-13(18-12)19(15,16)14-8-2-3-9-14/h2-9H,1H3. The van der Waals surface area contributed by atoms with E-state index in [9.17, 15) is 8.42 Å². The zero-order valence-corrected chi connectivity index (χ0v) is 12.6. The fourth-order valence-electron chi connectivity index (χ4n) is 1.74. The molecule has 0 N–H and O–H groups in total. The number of thiophene rings is 2. The summed E-state index contributed by atoms with van der Waals surface area (Å²) in [4.78, 5) is 3.32. The molecular weight excluding hydrogens is 298 g/mol. The maximum atomic E-state index is 12.3.